The van der Waals surface area contributed by atoms with E-state index in [0.29, 0.717) is 12.0 Å². The van der Waals surface area contributed by atoms with Crippen molar-refractivity contribution in [1.29, 1.82) is 0 Å². The maximum Gasteiger partial charge on any atom is 0.0101 e. The monoisotopic (exact) mass is 201 g/mol. The minimum atomic E-state index is 0.583. The van der Waals surface area contributed by atoms with Crippen LogP contribution in [-0.4, -0.2) is 56.6 Å². The fraction of sp³-hybridized carbons (Fsp3) is 1.00. The summed E-state index contributed by atoms with van der Waals surface area (Å²) >= 11 is 0. The van der Waals surface area contributed by atoms with E-state index >= 15 is 0 Å². The molecule has 0 aliphatic heterocycles. The van der Waals surface area contributed by atoms with Crippen molar-refractivity contribution in [2.45, 2.75) is 26.3 Å². The Labute approximate surface area is 89.2 Å². The van der Waals surface area contributed by atoms with Gasteiger partial charge in [-0.1, -0.05) is 6.92 Å². The predicted octanol–water partition coefficient (Wildman–Crippen LogP) is 0.853. The van der Waals surface area contributed by atoms with Gasteiger partial charge in [-0.2, -0.15) is 0 Å². The molecule has 2 atom stereocenters. The van der Waals surface area contributed by atoms with E-state index in [0.717, 1.165) is 19.6 Å². The zero-order valence-corrected chi connectivity index (χ0v) is 10.5. The third kappa shape index (κ3) is 5.58. The highest BCUT2D eigenvalue weighted by molar-refractivity contribution is 4.70. The standard InChI is InChI=1S/C11H27N3/c1-10(9-12)11(2)14(5)8-6-7-13(3)4/h10-11H,6-9,12H2,1-5H3. The van der Waals surface area contributed by atoms with Gasteiger partial charge in [-0.3, -0.25) is 0 Å². The molecule has 0 heterocycles. The Balaban J connectivity index is 3.67. The SMILES string of the molecule is CC(CN)C(C)N(C)CCCN(C)C. The summed E-state index contributed by atoms with van der Waals surface area (Å²) in [5, 5.41) is 0. The lowest BCUT2D eigenvalue weighted by Crippen LogP contribution is -2.38. The van der Waals surface area contributed by atoms with Crippen LogP contribution in [0.15, 0.2) is 0 Å². The molecular formula is C11H27N3. The topological polar surface area (TPSA) is 32.5 Å². The Morgan fingerprint density at radius 2 is 1.64 bits per heavy atom. The first-order chi connectivity index (χ1) is 6.49. The molecule has 0 aromatic heterocycles. The van der Waals surface area contributed by atoms with Crippen LogP contribution in [0.2, 0.25) is 0 Å². The maximum atomic E-state index is 5.65. The van der Waals surface area contributed by atoms with Gasteiger partial charge in [0.1, 0.15) is 0 Å². The molecule has 0 spiro atoms. The Hall–Kier alpha value is -0.120. The van der Waals surface area contributed by atoms with Gasteiger partial charge >= 0.3 is 0 Å². The molecule has 0 aromatic carbocycles. The average Bonchev–Trinajstić information content (AvgIpc) is 2.14. The van der Waals surface area contributed by atoms with E-state index in [-0.39, 0.29) is 0 Å². The van der Waals surface area contributed by atoms with Crippen LogP contribution >= 0.6 is 0 Å². The Morgan fingerprint density at radius 3 is 2.07 bits per heavy atom. The van der Waals surface area contributed by atoms with E-state index in [4.69, 9.17) is 5.73 Å². The van der Waals surface area contributed by atoms with E-state index in [1.807, 2.05) is 0 Å². The van der Waals surface area contributed by atoms with Crippen LogP contribution in [0.25, 0.3) is 0 Å². The summed E-state index contributed by atoms with van der Waals surface area (Å²) in [4.78, 5) is 4.63. The summed E-state index contributed by atoms with van der Waals surface area (Å²) in [5.41, 5.74) is 5.65. The second-order valence-corrected chi connectivity index (χ2v) is 4.59. The third-order valence-corrected chi connectivity index (χ3v) is 3.01. The molecule has 3 nitrogen and oxygen atoms in total. The van der Waals surface area contributed by atoms with Crippen LogP contribution in [-0.2, 0) is 0 Å². The van der Waals surface area contributed by atoms with Gasteiger partial charge in [0.15, 0.2) is 0 Å². The normalized spacial score (nSPS) is 16.3. The average molecular weight is 201 g/mol. The lowest BCUT2D eigenvalue weighted by molar-refractivity contribution is 0.193. The van der Waals surface area contributed by atoms with Crippen LogP contribution in [0.4, 0.5) is 0 Å². The Kier molecular flexibility index (Phi) is 7.15. The first-order valence-electron chi connectivity index (χ1n) is 5.54. The number of nitrogens with two attached hydrogens (primary N) is 1. The lowest BCUT2D eigenvalue weighted by atomic mass is 10.0. The molecule has 0 bridgehead atoms. The van der Waals surface area contributed by atoms with Crippen molar-refractivity contribution in [2.24, 2.45) is 11.7 Å². The van der Waals surface area contributed by atoms with Crippen molar-refractivity contribution in [3.8, 4) is 0 Å². The molecule has 0 fully saturated rings. The molecule has 0 saturated heterocycles. The molecule has 2 N–H and O–H groups in total. The lowest BCUT2D eigenvalue weighted by Gasteiger charge is -2.29. The highest BCUT2D eigenvalue weighted by Gasteiger charge is 2.14. The summed E-state index contributed by atoms with van der Waals surface area (Å²) < 4.78 is 0. The predicted molar refractivity (Wildman–Crippen MR) is 63.5 cm³/mol. The van der Waals surface area contributed by atoms with Gasteiger partial charge < -0.3 is 15.5 Å². The number of nitrogens with zero attached hydrogens (tertiary/aromatic N) is 2. The van der Waals surface area contributed by atoms with Gasteiger partial charge in [0.05, 0.1) is 0 Å². The summed E-state index contributed by atoms with van der Waals surface area (Å²) in [7, 11) is 6.42. The van der Waals surface area contributed by atoms with Crippen molar-refractivity contribution in [1.82, 2.24) is 9.80 Å². The highest BCUT2D eigenvalue weighted by atomic mass is 15.1. The molecular weight excluding hydrogens is 174 g/mol. The number of hydrogen-bond donors (Lipinski definition) is 1. The fourth-order valence-corrected chi connectivity index (χ4v) is 1.47. The van der Waals surface area contributed by atoms with Gasteiger partial charge in [-0.25, -0.2) is 0 Å². The maximum absolute atomic E-state index is 5.65. The number of hydrogen-bond acceptors (Lipinski definition) is 3. The molecule has 0 rings (SSSR count). The smallest absolute Gasteiger partial charge is 0.0101 e. The molecule has 0 aromatic rings. The van der Waals surface area contributed by atoms with Gasteiger partial charge in [-0.15, -0.1) is 0 Å². The number of rotatable bonds is 7. The molecule has 0 saturated carbocycles. The van der Waals surface area contributed by atoms with Crippen LogP contribution < -0.4 is 5.73 Å². The van der Waals surface area contributed by atoms with Crippen molar-refractivity contribution in [3.63, 3.8) is 0 Å². The summed E-state index contributed by atoms with van der Waals surface area (Å²) in [6.07, 6.45) is 1.23. The van der Waals surface area contributed by atoms with Gasteiger partial charge in [0, 0.05) is 6.04 Å². The first kappa shape index (κ1) is 13.9. The fourth-order valence-electron chi connectivity index (χ4n) is 1.47. The summed E-state index contributed by atoms with van der Waals surface area (Å²) in [6.45, 7) is 7.57. The second kappa shape index (κ2) is 7.21. The first-order valence-corrected chi connectivity index (χ1v) is 5.54. The third-order valence-electron chi connectivity index (χ3n) is 3.01. The van der Waals surface area contributed by atoms with E-state index in [9.17, 15) is 0 Å². The zero-order valence-electron chi connectivity index (χ0n) is 10.5. The summed E-state index contributed by atoms with van der Waals surface area (Å²) in [6, 6.07) is 0.585. The molecule has 0 radical (unpaired) electrons. The molecule has 14 heavy (non-hydrogen) atoms. The van der Waals surface area contributed by atoms with Crippen molar-refractivity contribution < 1.29 is 0 Å². The Bertz CT molecular complexity index is 136. The quantitative estimate of drug-likeness (QED) is 0.663. The molecule has 0 aliphatic rings. The largest absolute Gasteiger partial charge is 0.330 e. The van der Waals surface area contributed by atoms with E-state index in [1.54, 1.807) is 0 Å². The molecule has 3 heteroatoms. The van der Waals surface area contributed by atoms with Crippen molar-refractivity contribution in [3.05, 3.63) is 0 Å². The van der Waals surface area contributed by atoms with Crippen molar-refractivity contribution >= 4 is 0 Å². The van der Waals surface area contributed by atoms with Gasteiger partial charge in [-0.05, 0) is 60.0 Å². The van der Waals surface area contributed by atoms with Gasteiger partial charge in [0.25, 0.3) is 0 Å². The van der Waals surface area contributed by atoms with Crippen LogP contribution in [0.3, 0.4) is 0 Å². The minimum Gasteiger partial charge on any atom is -0.330 e. The Morgan fingerprint density at radius 1 is 1.07 bits per heavy atom. The highest BCUT2D eigenvalue weighted by Crippen LogP contribution is 2.07. The minimum absolute atomic E-state index is 0.583. The van der Waals surface area contributed by atoms with Crippen LogP contribution in [0.1, 0.15) is 20.3 Å². The van der Waals surface area contributed by atoms with Crippen molar-refractivity contribution in [2.75, 3.05) is 40.8 Å². The van der Waals surface area contributed by atoms with E-state index < -0.39 is 0 Å². The summed E-state index contributed by atoms with van der Waals surface area (Å²) in [5.74, 6) is 0.583. The zero-order chi connectivity index (χ0) is 11.1. The second-order valence-electron chi connectivity index (χ2n) is 4.59. The van der Waals surface area contributed by atoms with E-state index in [2.05, 4.69) is 44.8 Å². The molecule has 86 valence electrons. The van der Waals surface area contributed by atoms with E-state index in [1.165, 1.54) is 6.42 Å². The molecule has 0 aliphatic carbocycles. The van der Waals surface area contributed by atoms with Crippen LogP contribution in [0.5, 0.6) is 0 Å². The molecule has 0 amide bonds. The van der Waals surface area contributed by atoms with Gasteiger partial charge in [0.2, 0.25) is 0 Å². The molecule has 2 unspecified atom stereocenters. The van der Waals surface area contributed by atoms with Crippen LogP contribution in [0, 0.1) is 5.92 Å².